The van der Waals surface area contributed by atoms with E-state index in [1.165, 1.54) is 6.42 Å². The van der Waals surface area contributed by atoms with Crippen molar-refractivity contribution in [1.82, 2.24) is 4.98 Å². The van der Waals surface area contributed by atoms with Gasteiger partial charge >= 0.3 is 0 Å². The monoisotopic (exact) mass is 338 g/mol. The van der Waals surface area contributed by atoms with Crippen LogP contribution in [0.2, 0.25) is 0 Å². The number of azo groups is 1. The molecule has 0 aliphatic heterocycles. The van der Waals surface area contributed by atoms with Crippen molar-refractivity contribution in [3.63, 3.8) is 0 Å². The van der Waals surface area contributed by atoms with Gasteiger partial charge in [-0.3, -0.25) is 4.79 Å². The summed E-state index contributed by atoms with van der Waals surface area (Å²) in [6.07, 6.45) is 7.07. The van der Waals surface area contributed by atoms with Gasteiger partial charge in [-0.1, -0.05) is 25.3 Å². The van der Waals surface area contributed by atoms with Gasteiger partial charge in [0.15, 0.2) is 5.82 Å². The molecule has 6 heteroatoms. The van der Waals surface area contributed by atoms with Crippen molar-refractivity contribution in [2.75, 3.05) is 12.4 Å². The molecule has 0 unspecified atom stereocenters. The predicted molar refractivity (Wildman–Crippen MR) is 96.6 cm³/mol. The number of hydrogen-bond donors (Lipinski definition) is 1. The third-order valence-electron chi connectivity index (χ3n) is 4.34. The van der Waals surface area contributed by atoms with Crippen LogP contribution in [0.1, 0.15) is 32.1 Å². The number of nitrogens with one attached hydrogen (secondary N) is 1. The molecule has 1 aromatic carbocycles. The third kappa shape index (κ3) is 4.62. The Hall–Kier alpha value is -2.76. The molecule has 25 heavy (non-hydrogen) atoms. The van der Waals surface area contributed by atoms with Gasteiger partial charge < -0.3 is 10.1 Å². The number of pyridine rings is 1. The van der Waals surface area contributed by atoms with Gasteiger partial charge in [0.2, 0.25) is 5.91 Å². The van der Waals surface area contributed by atoms with Crippen molar-refractivity contribution < 1.29 is 9.53 Å². The number of carbonyl (C=O) groups excluding carboxylic acids is 1. The lowest BCUT2D eigenvalue weighted by Crippen LogP contribution is -2.24. The van der Waals surface area contributed by atoms with E-state index in [2.05, 4.69) is 20.5 Å². The molecule has 1 fully saturated rings. The summed E-state index contributed by atoms with van der Waals surface area (Å²) >= 11 is 0. The number of rotatable bonds is 5. The molecule has 130 valence electrons. The molecule has 1 aliphatic rings. The number of ether oxygens (including phenoxy) is 1. The Morgan fingerprint density at radius 1 is 1.16 bits per heavy atom. The zero-order valence-corrected chi connectivity index (χ0v) is 14.3. The first kappa shape index (κ1) is 17.1. The van der Waals surface area contributed by atoms with Gasteiger partial charge in [-0.25, -0.2) is 4.98 Å². The zero-order valence-electron chi connectivity index (χ0n) is 14.3. The second kappa shape index (κ2) is 8.37. The molecule has 2 aromatic rings. The second-order valence-electron chi connectivity index (χ2n) is 6.10. The first-order valence-electron chi connectivity index (χ1n) is 8.58. The molecule has 6 nitrogen and oxygen atoms in total. The molecule has 1 N–H and O–H groups in total. The maximum Gasteiger partial charge on any atom is 0.227 e. The molecule has 3 rings (SSSR count). The fourth-order valence-corrected chi connectivity index (χ4v) is 2.97. The van der Waals surface area contributed by atoms with E-state index < -0.39 is 0 Å². The lowest BCUT2D eigenvalue weighted by atomic mass is 9.88. The number of carbonyl (C=O) groups is 1. The van der Waals surface area contributed by atoms with Crippen LogP contribution in [0.3, 0.4) is 0 Å². The summed E-state index contributed by atoms with van der Waals surface area (Å²) in [5.41, 5.74) is 1.30. The van der Waals surface area contributed by atoms with Crippen LogP contribution in [0, 0.1) is 5.92 Å². The minimum atomic E-state index is 0.0702. The normalized spacial score (nSPS) is 15.2. The van der Waals surface area contributed by atoms with E-state index in [9.17, 15) is 4.79 Å². The minimum Gasteiger partial charge on any atom is -0.494 e. The van der Waals surface area contributed by atoms with Gasteiger partial charge in [0.25, 0.3) is 0 Å². The third-order valence-corrected chi connectivity index (χ3v) is 4.34. The highest BCUT2D eigenvalue weighted by Gasteiger charge is 2.22. The number of anilines is 1. The fraction of sp³-hybridized carbons (Fsp3) is 0.368. The van der Waals surface area contributed by atoms with Gasteiger partial charge in [0.05, 0.1) is 18.5 Å². The molecule has 0 bridgehead atoms. The number of methoxy groups -OCH3 is 1. The second-order valence-corrected chi connectivity index (χ2v) is 6.10. The van der Waals surface area contributed by atoms with E-state index in [-0.39, 0.29) is 11.8 Å². The van der Waals surface area contributed by atoms with Crippen LogP contribution in [0.15, 0.2) is 52.8 Å². The molecule has 1 aromatic heterocycles. The van der Waals surface area contributed by atoms with E-state index in [0.29, 0.717) is 22.9 Å². The standard InChI is InChI=1S/C19H22N4O2/c1-25-17-13-15(22-23-18-9-5-6-12-20-18)10-11-16(17)21-19(24)14-7-3-2-4-8-14/h5-6,9-14H,2-4,7-8H2,1H3,(H,21,24). The Labute approximate surface area is 147 Å². The van der Waals surface area contributed by atoms with Crippen molar-refractivity contribution in [2.24, 2.45) is 16.1 Å². The Bertz CT molecular complexity index is 740. The Balaban J connectivity index is 1.71. The number of benzene rings is 1. The summed E-state index contributed by atoms with van der Waals surface area (Å²) in [6.45, 7) is 0. The molecule has 1 heterocycles. The Kier molecular flexibility index (Phi) is 5.72. The largest absolute Gasteiger partial charge is 0.494 e. The topological polar surface area (TPSA) is 75.9 Å². The quantitative estimate of drug-likeness (QED) is 0.777. The van der Waals surface area contributed by atoms with Gasteiger partial charge in [-0.2, -0.15) is 0 Å². The average Bonchev–Trinajstić information content (AvgIpc) is 2.68. The SMILES string of the molecule is COc1cc(N=Nc2ccccn2)ccc1NC(=O)C1CCCCC1. The number of amides is 1. The van der Waals surface area contributed by atoms with Crippen LogP contribution >= 0.6 is 0 Å². The van der Waals surface area contributed by atoms with Crippen molar-refractivity contribution in [3.05, 3.63) is 42.6 Å². The summed E-state index contributed by atoms with van der Waals surface area (Å²) < 4.78 is 5.39. The Morgan fingerprint density at radius 2 is 2.00 bits per heavy atom. The van der Waals surface area contributed by atoms with Crippen LogP contribution < -0.4 is 10.1 Å². The van der Waals surface area contributed by atoms with Crippen LogP contribution in [-0.4, -0.2) is 18.0 Å². The maximum atomic E-state index is 12.4. The van der Waals surface area contributed by atoms with Crippen LogP contribution in [0.5, 0.6) is 5.75 Å². The van der Waals surface area contributed by atoms with Crippen molar-refractivity contribution in [3.8, 4) is 5.75 Å². The first-order valence-corrected chi connectivity index (χ1v) is 8.58. The number of aromatic nitrogens is 1. The van der Waals surface area contributed by atoms with Crippen LogP contribution in [0.25, 0.3) is 0 Å². The van der Waals surface area contributed by atoms with Crippen molar-refractivity contribution in [2.45, 2.75) is 32.1 Å². The molecular weight excluding hydrogens is 316 g/mol. The summed E-state index contributed by atoms with van der Waals surface area (Å²) in [4.78, 5) is 16.5. The van der Waals surface area contributed by atoms with Crippen molar-refractivity contribution in [1.29, 1.82) is 0 Å². The molecule has 0 spiro atoms. The average molecular weight is 338 g/mol. The molecular formula is C19H22N4O2. The van der Waals surface area contributed by atoms with Crippen LogP contribution in [-0.2, 0) is 4.79 Å². The number of hydrogen-bond acceptors (Lipinski definition) is 5. The fourth-order valence-electron chi connectivity index (χ4n) is 2.97. The molecule has 0 radical (unpaired) electrons. The van der Waals surface area contributed by atoms with Crippen LogP contribution in [0.4, 0.5) is 17.2 Å². The van der Waals surface area contributed by atoms with Gasteiger partial charge in [0, 0.05) is 18.2 Å². The highest BCUT2D eigenvalue weighted by atomic mass is 16.5. The molecule has 1 saturated carbocycles. The summed E-state index contributed by atoms with van der Waals surface area (Å²) in [5.74, 6) is 1.28. The van der Waals surface area contributed by atoms with Crippen molar-refractivity contribution >= 4 is 23.1 Å². The smallest absolute Gasteiger partial charge is 0.227 e. The van der Waals surface area contributed by atoms with Gasteiger partial charge in [-0.15, -0.1) is 10.2 Å². The summed E-state index contributed by atoms with van der Waals surface area (Å²) in [6, 6.07) is 10.8. The predicted octanol–water partition coefficient (Wildman–Crippen LogP) is 5.02. The van der Waals surface area contributed by atoms with E-state index in [1.54, 1.807) is 37.6 Å². The zero-order chi connectivity index (χ0) is 17.5. The van der Waals surface area contributed by atoms with E-state index in [1.807, 2.05) is 12.1 Å². The maximum absolute atomic E-state index is 12.4. The molecule has 1 amide bonds. The Morgan fingerprint density at radius 3 is 2.72 bits per heavy atom. The molecule has 1 aliphatic carbocycles. The van der Waals surface area contributed by atoms with E-state index >= 15 is 0 Å². The van der Waals surface area contributed by atoms with E-state index in [4.69, 9.17) is 4.74 Å². The van der Waals surface area contributed by atoms with Gasteiger partial charge in [0.1, 0.15) is 5.75 Å². The molecule has 0 saturated heterocycles. The minimum absolute atomic E-state index is 0.0702. The summed E-state index contributed by atoms with van der Waals surface area (Å²) in [5, 5.41) is 11.2. The highest BCUT2D eigenvalue weighted by molar-refractivity contribution is 5.94. The lowest BCUT2D eigenvalue weighted by molar-refractivity contribution is -0.120. The lowest BCUT2D eigenvalue weighted by Gasteiger charge is -2.21. The molecule has 0 atom stereocenters. The first-order chi connectivity index (χ1) is 12.3. The summed E-state index contributed by atoms with van der Waals surface area (Å²) in [7, 11) is 1.57. The van der Waals surface area contributed by atoms with E-state index in [0.717, 1.165) is 25.7 Å². The highest BCUT2D eigenvalue weighted by Crippen LogP contribution is 2.32. The number of nitrogens with zero attached hydrogens (tertiary/aromatic N) is 3. The van der Waals surface area contributed by atoms with Gasteiger partial charge in [-0.05, 0) is 37.1 Å².